The summed E-state index contributed by atoms with van der Waals surface area (Å²) in [7, 11) is 1.51. The molecule has 1 aromatic carbocycles. The number of nitrogens with two attached hydrogens (primary N) is 1. The normalized spacial score (nSPS) is 12.1. The Hall–Kier alpha value is -3.42. The minimum atomic E-state index is -0.933. The van der Waals surface area contributed by atoms with Crippen molar-refractivity contribution in [1.82, 2.24) is 15.4 Å². The first-order valence-electron chi connectivity index (χ1n) is 8.38. The molecule has 0 aliphatic rings. The molecule has 0 saturated heterocycles. The highest BCUT2D eigenvalue weighted by molar-refractivity contribution is 5.77. The van der Waals surface area contributed by atoms with E-state index in [2.05, 4.69) is 15.4 Å². The van der Waals surface area contributed by atoms with Gasteiger partial charge in [0.15, 0.2) is 11.6 Å². The quantitative estimate of drug-likeness (QED) is 0.679. The van der Waals surface area contributed by atoms with Crippen LogP contribution in [0.3, 0.4) is 0 Å². The summed E-state index contributed by atoms with van der Waals surface area (Å²) >= 11 is 0. The Labute approximate surface area is 156 Å². The summed E-state index contributed by atoms with van der Waals surface area (Å²) in [6.45, 7) is 3.66. The zero-order chi connectivity index (χ0) is 19.6. The molecular weight excluding hydrogens is 348 g/mol. The van der Waals surface area contributed by atoms with E-state index in [0.29, 0.717) is 28.7 Å². The van der Waals surface area contributed by atoms with E-state index < -0.39 is 11.9 Å². The zero-order valence-corrected chi connectivity index (χ0v) is 15.2. The highest BCUT2D eigenvalue weighted by atomic mass is 16.5. The van der Waals surface area contributed by atoms with Gasteiger partial charge in [-0.05, 0) is 11.5 Å². The minimum Gasteiger partial charge on any atom is -0.481 e. The molecule has 0 saturated carbocycles. The third-order valence-electron chi connectivity index (χ3n) is 4.27. The van der Waals surface area contributed by atoms with Gasteiger partial charge in [0.25, 0.3) is 0 Å². The first kappa shape index (κ1) is 18.4. The fourth-order valence-electron chi connectivity index (χ4n) is 2.84. The number of ether oxygens (including phenoxy) is 1. The molecule has 1 unspecified atom stereocenters. The number of anilines is 1. The second-order valence-corrected chi connectivity index (χ2v) is 6.44. The molecule has 0 amide bonds. The van der Waals surface area contributed by atoms with Gasteiger partial charge in [-0.15, -0.1) is 10.2 Å². The number of carboxylic acid groups (broad SMARTS) is 1. The van der Waals surface area contributed by atoms with E-state index in [0.717, 1.165) is 11.1 Å². The van der Waals surface area contributed by atoms with Crippen LogP contribution in [0.25, 0.3) is 22.4 Å². The van der Waals surface area contributed by atoms with Gasteiger partial charge in [0.1, 0.15) is 11.6 Å². The van der Waals surface area contributed by atoms with Crippen molar-refractivity contribution < 1.29 is 19.2 Å². The summed E-state index contributed by atoms with van der Waals surface area (Å²) in [4.78, 5) is 11.5. The van der Waals surface area contributed by atoms with Gasteiger partial charge in [0.05, 0.1) is 7.11 Å². The number of hydrogen-bond donors (Lipinski definition) is 2. The van der Waals surface area contributed by atoms with Crippen LogP contribution < -0.4 is 10.5 Å². The molecule has 140 valence electrons. The summed E-state index contributed by atoms with van der Waals surface area (Å²) in [5.74, 6) is -0.767. The highest BCUT2D eigenvalue weighted by Crippen LogP contribution is 2.31. The van der Waals surface area contributed by atoms with Crippen LogP contribution in [0.2, 0.25) is 0 Å². The smallest absolute Gasteiger partial charge is 0.314 e. The van der Waals surface area contributed by atoms with Crippen molar-refractivity contribution in [1.29, 1.82) is 0 Å². The van der Waals surface area contributed by atoms with E-state index in [1.54, 1.807) is 12.1 Å². The molecular formula is C19H20N4O4. The summed E-state index contributed by atoms with van der Waals surface area (Å²) < 4.78 is 10.4. The average molecular weight is 368 g/mol. The standard InChI is InChI=1S/C19H20N4O4/c1-10(2)17(19(24)25)15-9-14(23-27-15)12-6-4-11(5-7-12)13-8-16(26-3)21-22-18(13)20/h4-10,17H,1-3H3,(H2,20,22)(H,24,25). The summed E-state index contributed by atoms with van der Waals surface area (Å²) in [6.07, 6.45) is 0. The maximum Gasteiger partial charge on any atom is 0.314 e. The van der Waals surface area contributed by atoms with E-state index >= 15 is 0 Å². The van der Waals surface area contributed by atoms with Crippen LogP contribution in [0.4, 0.5) is 5.82 Å². The molecule has 0 radical (unpaired) electrons. The van der Waals surface area contributed by atoms with Crippen LogP contribution in [0.5, 0.6) is 5.88 Å². The molecule has 0 fully saturated rings. The average Bonchev–Trinajstić information content (AvgIpc) is 3.11. The van der Waals surface area contributed by atoms with Gasteiger partial charge < -0.3 is 20.1 Å². The number of methoxy groups -OCH3 is 1. The molecule has 3 rings (SSSR count). The maximum absolute atomic E-state index is 11.5. The number of aromatic nitrogens is 3. The lowest BCUT2D eigenvalue weighted by Gasteiger charge is -2.11. The van der Waals surface area contributed by atoms with Crippen molar-refractivity contribution in [3.8, 4) is 28.3 Å². The summed E-state index contributed by atoms with van der Waals surface area (Å²) in [6, 6.07) is 10.8. The van der Waals surface area contributed by atoms with Gasteiger partial charge in [0, 0.05) is 23.3 Å². The van der Waals surface area contributed by atoms with Gasteiger partial charge >= 0.3 is 5.97 Å². The van der Waals surface area contributed by atoms with Crippen LogP contribution in [-0.2, 0) is 4.79 Å². The number of carboxylic acids is 1. The first-order chi connectivity index (χ1) is 12.9. The molecule has 0 bridgehead atoms. The fourth-order valence-corrected chi connectivity index (χ4v) is 2.84. The second kappa shape index (κ2) is 7.45. The second-order valence-electron chi connectivity index (χ2n) is 6.44. The van der Waals surface area contributed by atoms with Crippen molar-refractivity contribution in [3.05, 3.63) is 42.2 Å². The van der Waals surface area contributed by atoms with Crippen molar-refractivity contribution in [2.45, 2.75) is 19.8 Å². The molecule has 3 N–H and O–H groups in total. The Morgan fingerprint density at radius 1 is 1.15 bits per heavy atom. The third-order valence-corrected chi connectivity index (χ3v) is 4.27. The van der Waals surface area contributed by atoms with Crippen LogP contribution in [0.15, 0.2) is 40.9 Å². The molecule has 8 heteroatoms. The number of benzene rings is 1. The predicted molar refractivity (Wildman–Crippen MR) is 99.1 cm³/mol. The van der Waals surface area contributed by atoms with Crippen LogP contribution in [-0.4, -0.2) is 33.5 Å². The van der Waals surface area contributed by atoms with Crippen molar-refractivity contribution in [2.75, 3.05) is 12.8 Å². The SMILES string of the molecule is COc1cc(-c2ccc(-c3cc(C(C(=O)O)C(C)C)on3)cc2)c(N)nn1. The van der Waals surface area contributed by atoms with Crippen molar-refractivity contribution >= 4 is 11.8 Å². The topological polar surface area (TPSA) is 124 Å². The zero-order valence-electron chi connectivity index (χ0n) is 15.2. The Bertz CT molecular complexity index is 951. The monoisotopic (exact) mass is 368 g/mol. The van der Waals surface area contributed by atoms with E-state index in [1.165, 1.54) is 7.11 Å². The Kier molecular flexibility index (Phi) is 5.07. The number of aliphatic carboxylic acids is 1. The molecule has 0 spiro atoms. The highest BCUT2D eigenvalue weighted by Gasteiger charge is 2.28. The van der Waals surface area contributed by atoms with Crippen molar-refractivity contribution in [2.24, 2.45) is 5.92 Å². The Morgan fingerprint density at radius 3 is 2.41 bits per heavy atom. The largest absolute Gasteiger partial charge is 0.481 e. The van der Waals surface area contributed by atoms with Gasteiger partial charge in [-0.3, -0.25) is 4.79 Å². The molecule has 0 aliphatic carbocycles. The molecule has 8 nitrogen and oxygen atoms in total. The molecule has 0 aliphatic heterocycles. The predicted octanol–water partition coefficient (Wildman–Crippen LogP) is 3.21. The summed E-state index contributed by atoms with van der Waals surface area (Å²) in [5, 5.41) is 21.1. The van der Waals surface area contributed by atoms with Crippen molar-refractivity contribution in [3.63, 3.8) is 0 Å². The van der Waals surface area contributed by atoms with Crippen LogP contribution in [0.1, 0.15) is 25.5 Å². The van der Waals surface area contributed by atoms with Gasteiger partial charge in [0.2, 0.25) is 5.88 Å². The lowest BCUT2D eigenvalue weighted by Crippen LogP contribution is -2.16. The fraction of sp³-hybridized carbons (Fsp3) is 0.263. The molecule has 1 atom stereocenters. The van der Waals surface area contributed by atoms with Crippen LogP contribution in [0, 0.1) is 5.92 Å². The molecule has 2 heterocycles. The lowest BCUT2D eigenvalue weighted by molar-refractivity contribution is -0.140. The molecule has 27 heavy (non-hydrogen) atoms. The first-order valence-corrected chi connectivity index (χ1v) is 8.38. The molecule has 2 aromatic heterocycles. The Morgan fingerprint density at radius 2 is 1.81 bits per heavy atom. The van der Waals surface area contributed by atoms with E-state index in [1.807, 2.05) is 38.1 Å². The number of carbonyl (C=O) groups is 1. The van der Waals surface area contributed by atoms with E-state index in [9.17, 15) is 9.90 Å². The minimum absolute atomic E-state index is 0.108. The lowest BCUT2D eigenvalue weighted by atomic mass is 9.93. The maximum atomic E-state index is 11.5. The molecule has 3 aromatic rings. The number of nitrogens with zero attached hydrogens (tertiary/aromatic N) is 3. The van der Waals surface area contributed by atoms with E-state index in [4.69, 9.17) is 15.0 Å². The Balaban J connectivity index is 1.90. The number of nitrogen functional groups attached to an aromatic ring is 1. The van der Waals surface area contributed by atoms with E-state index in [-0.39, 0.29) is 5.92 Å². The summed E-state index contributed by atoms with van der Waals surface area (Å²) in [5.41, 5.74) is 8.83. The third kappa shape index (κ3) is 3.74. The van der Waals surface area contributed by atoms with Gasteiger partial charge in [-0.2, -0.15) is 0 Å². The number of hydrogen-bond acceptors (Lipinski definition) is 7. The van der Waals surface area contributed by atoms with Crippen LogP contribution >= 0.6 is 0 Å². The number of rotatable bonds is 6. The van der Waals surface area contributed by atoms with Gasteiger partial charge in [-0.1, -0.05) is 43.3 Å². The van der Waals surface area contributed by atoms with Gasteiger partial charge in [-0.25, -0.2) is 0 Å².